The lowest BCUT2D eigenvalue weighted by atomic mass is 10.2. The minimum absolute atomic E-state index is 0.628. The monoisotopic (exact) mass is 290 g/mol. The van der Waals surface area contributed by atoms with Crippen LogP contribution in [0.4, 0.5) is 0 Å². The molecule has 4 heteroatoms. The summed E-state index contributed by atoms with van der Waals surface area (Å²) >= 11 is 6.23. The Morgan fingerprint density at radius 3 is 2.75 bits per heavy atom. The number of halogens is 1. The molecule has 0 aliphatic heterocycles. The van der Waals surface area contributed by atoms with Crippen molar-refractivity contribution in [3.63, 3.8) is 0 Å². The first-order chi connectivity index (χ1) is 9.81. The Balaban J connectivity index is 1.96. The summed E-state index contributed by atoms with van der Waals surface area (Å²) in [4.78, 5) is 4.00. The summed E-state index contributed by atoms with van der Waals surface area (Å²) in [6.07, 6.45) is 4.45. The van der Waals surface area contributed by atoms with Crippen LogP contribution in [0.25, 0.3) is 0 Å². The van der Waals surface area contributed by atoms with Gasteiger partial charge in [-0.1, -0.05) is 24.6 Å². The number of nitrogens with zero attached hydrogens (tertiary/aromatic N) is 1. The van der Waals surface area contributed by atoms with Crippen molar-refractivity contribution >= 4 is 11.6 Å². The second-order valence-electron chi connectivity index (χ2n) is 4.45. The predicted molar refractivity (Wildman–Crippen MR) is 82.3 cm³/mol. The maximum absolute atomic E-state index is 6.23. The summed E-state index contributed by atoms with van der Waals surface area (Å²) in [5, 5.41) is 4.02. The molecule has 1 heterocycles. The van der Waals surface area contributed by atoms with E-state index in [1.165, 1.54) is 5.56 Å². The fourth-order valence-electron chi connectivity index (χ4n) is 1.92. The van der Waals surface area contributed by atoms with E-state index in [2.05, 4.69) is 17.2 Å². The molecule has 0 bridgehead atoms. The van der Waals surface area contributed by atoms with Gasteiger partial charge in [0.2, 0.25) is 0 Å². The van der Waals surface area contributed by atoms with Gasteiger partial charge in [-0.2, -0.15) is 0 Å². The Bertz CT molecular complexity index is 531. The van der Waals surface area contributed by atoms with Gasteiger partial charge in [-0.3, -0.25) is 4.98 Å². The van der Waals surface area contributed by atoms with Gasteiger partial charge in [-0.15, -0.1) is 0 Å². The molecule has 1 N–H and O–H groups in total. The van der Waals surface area contributed by atoms with E-state index >= 15 is 0 Å². The van der Waals surface area contributed by atoms with Gasteiger partial charge in [0, 0.05) is 35.9 Å². The summed E-state index contributed by atoms with van der Waals surface area (Å²) in [7, 11) is 0. The molecule has 0 amide bonds. The van der Waals surface area contributed by atoms with Crippen molar-refractivity contribution in [3.8, 4) is 5.75 Å². The zero-order valence-corrected chi connectivity index (χ0v) is 12.4. The van der Waals surface area contributed by atoms with Gasteiger partial charge in [-0.05, 0) is 36.4 Å². The molecule has 0 unspecified atom stereocenters. The van der Waals surface area contributed by atoms with Gasteiger partial charge in [-0.25, -0.2) is 0 Å². The van der Waals surface area contributed by atoms with Gasteiger partial charge in [0.15, 0.2) is 0 Å². The van der Waals surface area contributed by atoms with Crippen LogP contribution >= 0.6 is 11.6 Å². The van der Waals surface area contributed by atoms with Crippen molar-refractivity contribution in [1.29, 1.82) is 0 Å². The second kappa shape index (κ2) is 7.88. The highest BCUT2D eigenvalue weighted by Gasteiger charge is 2.07. The zero-order chi connectivity index (χ0) is 14.2. The molecule has 2 aromatic rings. The maximum atomic E-state index is 6.23. The summed E-state index contributed by atoms with van der Waals surface area (Å²) < 4.78 is 5.87. The summed E-state index contributed by atoms with van der Waals surface area (Å²) in [5.41, 5.74) is 2.24. The molecule has 0 fully saturated rings. The minimum atomic E-state index is 0.628. The molecular formula is C16H19ClN2O. The Labute approximate surface area is 124 Å². The van der Waals surface area contributed by atoms with Crippen molar-refractivity contribution in [2.75, 3.05) is 13.2 Å². The first kappa shape index (κ1) is 14.8. The molecule has 2 rings (SSSR count). The topological polar surface area (TPSA) is 34.1 Å². The van der Waals surface area contributed by atoms with Crippen LogP contribution in [0.5, 0.6) is 5.75 Å². The molecule has 0 saturated carbocycles. The number of ether oxygens (including phenoxy) is 1. The van der Waals surface area contributed by atoms with Crippen LogP contribution in [0.15, 0.2) is 42.7 Å². The molecule has 20 heavy (non-hydrogen) atoms. The van der Waals surface area contributed by atoms with Gasteiger partial charge in [0.1, 0.15) is 5.75 Å². The molecule has 0 spiro atoms. The summed E-state index contributed by atoms with van der Waals surface area (Å²) in [6, 6.07) is 9.77. The molecular weight excluding hydrogens is 272 g/mol. The molecule has 0 aliphatic rings. The Hall–Kier alpha value is -1.58. The van der Waals surface area contributed by atoms with Crippen molar-refractivity contribution in [1.82, 2.24) is 10.3 Å². The number of hydrogen-bond donors (Lipinski definition) is 1. The molecule has 0 saturated heterocycles. The lowest BCUT2D eigenvalue weighted by Crippen LogP contribution is -2.14. The molecule has 0 radical (unpaired) electrons. The predicted octanol–water partition coefficient (Wildman–Crippen LogP) is 3.47. The number of pyridine rings is 1. The molecule has 1 aromatic heterocycles. The first-order valence-electron chi connectivity index (χ1n) is 6.81. The Kier molecular flexibility index (Phi) is 5.84. The van der Waals surface area contributed by atoms with E-state index in [1.54, 1.807) is 12.4 Å². The average Bonchev–Trinajstić information content (AvgIpc) is 2.48. The van der Waals surface area contributed by atoms with Crippen molar-refractivity contribution < 1.29 is 4.74 Å². The van der Waals surface area contributed by atoms with Crippen LogP contribution in [0.2, 0.25) is 5.02 Å². The van der Waals surface area contributed by atoms with E-state index in [4.69, 9.17) is 16.3 Å². The second-order valence-corrected chi connectivity index (χ2v) is 4.86. The largest absolute Gasteiger partial charge is 0.493 e. The highest BCUT2D eigenvalue weighted by molar-refractivity contribution is 6.31. The Morgan fingerprint density at radius 2 is 2.00 bits per heavy atom. The van der Waals surface area contributed by atoms with E-state index in [-0.39, 0.29) is 0 Å². The third-order valence-electron chi connectivity index (χ3n) is 3.03. The van der Waals surface area contributed by atoms with Crippen LogP contribution in [0.3, 0.4) is 0 Å². The highest BCUT2D eigenvalue weighted by Crippen LogP contribution is 2.26. The lowest BCUT2D eigenvalue weighted by molar-refractivity contribution is 0.318. The standard InChI is InChI=1S/C16H19ClN2O/c1-2-18-12-14-15(17)4-3-5-16(14)20-11-8-13-6-9-19-10-7-13/h3-7,9-10,18H,2,8,11-12H2,1H3. The number of hydrogen-bond acceptors (Lipinski definition) is 3. The first-order valence-corrected chi connectivity index (χ1v) is 7.19. The van der Waals surface area contributed by atoms with Crippen LogP contribution < -0.4 is 10.1 Å². The van der Waals surface area contributed by atoms with Crippen LogP contribution in [-0.4, -0.2) is 18.1 Å². The van der Waals surface area contributed by atoms with Gasteiger partial charge >= 0.3 is 0 Å². The fraction of sp³-hybridized carbons (Fsp3) is 0.312. The maximum Gasteiger partial charge on any atom is 0.125 e. The van der Waals surface area contributed by atoms with E-state index in [9.17, 15) is 0 Å². The average molecular weight is 291 g/mol. The fourth-order valence-corrected chi connectivity index (χ4v) is 2.16. The van der Waals surface area contributed by atoms with Crippen molar-refractivity contribution in [2.24, 2.45) is 0 Å². The quantitative estimate of drug-likeness (QED) is 0.848. The third-order valence-corrected chi connectivity index (χ3v) is 3.38. The van der Waals surface area contributed by atoms with E-state index in [0.29, 0.717) is 6.61 Å². The molecule has 106 valence electrons. The molecule has 1 aromatic carbocycles. The minimum Gasteiger partial charge on any atom is -0.493 e. The van der Waals surface area contributed by atoms with E-state index in [0.717, 1.165) is 35.8 Å². The van der Waals surface area contributed by atoms with E-state index < -0.39 is 0 Å². The van der Waals surface area contributed by atoms with Crippen molar-refractivity contribution in [3.05, 3.63) is 58.9 Å². The van der Waals surface area contributed by atoms with Crippen molar-refractivity contribution in [2.45, 2.75) is 19.9 Å². The van der Waals surface area contributed by atoms with Gasteiger partial charge in [0.05, 0.1) is 6.61 Å². The number of aromatic nitrogens is 1. The molecule has 0 aliphatic carbocycles. The number of rotatable bonds is 7. The van der Waals surface area contributed by atoms with Gasteiger partial charge in [0.25, 0.3) is 0 Å². The summed E-state index contributed by atoms with van der Waals surface area (Å²) in [6.45, 7) is 4.33. The van der Waals surface area contributed by atoms with E-state index in [1.807, 2.05) is 30.3 Å². The lowest BCUT2D eigenvalue weighted by Gasteiger charge is -2.13. The smallest absolute Gasteiger partial charge is 0.125 e. The van der Waals surface area contributed by atoms with Crippen LogP contribution in [-0.2, 0) is 13.0 Å². The summed E-state index contributed by atoms with van der Waals surface area (Å²) in [5.74, 6) is 0.854. The Morgan fingerprint density at radius 1 is 1.20 bits per heavy atom. The molecule has 0 atom stereocenters. The normalized spacial score (nSPS) is 10.5. The number of nitrogens with one attached hydrogen (secondary N) is 1. The number of benzene rings is 1. The molecule has 3 nitrogen and oxygen atoms in total. The highest BCUT2D eigenvalue weighted by atomic mass is 35.5. The van der Waals surface area contributed by atoms with Crippen LogP contribution in [0, 0.1) is 0 Å². The zero-order valence-electron chi connectivity index (χ0n) is 11.6. The third kappa shape index (κ3) is 4.22. The SMILES string of the molecule is CCNCc1c(Cl)cccc1OCCc1ccncc1. The van der Waals surface area contributed by atoms with Gasteiger partial charge < -0.3 is 10.1 Å². The van der Waals surface area contributed by atoms with Crippen LogP contribution in [0.1, 0.15) is 18.1 Å².